The molecule has 0 saturated carbocycles. The molecule has 0 radical (unpaired) electrons. The van der Waals surface area contributed by atoms with Gasteiger partial charge in [0.05, 0.1) is 17.8 Å². The molecule has 0 fully saturated rings. The van der Waals surface area contributed by atoms with E-state index in [1.165, 1.54) is 5.56 Å². The number of nitriles is 1. The molecule has 98 valence electrons. The van der Waals surface area contributed by atoms with Crippen molar-refractivity contribution in [1.82, 2.24) is 15.1 Å². The fourth-order valence-corrected chi connectivity index (χ4v) is 2.06. The number of nitrogens with zero attached hydrogens (tertiary/aromatic N) is 3. The molecule has 1 aromatic heterocycles. The van der Waals surface area contributed by atoms with E-state index < -0.39 is 0 Å². The van der Waals surface area contributed by atoms with Crippen molar-refractivity contribution in [3.05, 3.63) is 52.3 Å². The average Bonchev–Trinajstić information content (AvgIpc) is 2.82. The first-order chi connectivity index (χ1) is 9.19. The first-order valence-electron chi connectivity index (χ1n) is 6.06. The molecular formula is C14H15ClN4. The van der Waals surface area contributed by atoms with E-state index in [4.69, 9.17) is 16.9 Å². The van der Waals surface area contributed by atoms with Gasteiger partial charge in [-0.2, -0.15) is 10.4 Å². The lowest BCUT2D eigenvalue weighted by molar-refractivity contribution is 0.686. The van der Waals surface area contributed by atoms with Crippen LogP contribution in [0.1, 0.15) is 16.7 Å². The van der Waals surface area contributed by atoms with Gasteiger partial charge in [-0.3, -0.25) is 4.68 Å². The molecule has 2 aromatic rings. The van der Waals surface area contributed by atoms with E-state index in [-0.39, 0.29) is 0 Å². The maximum absolute atomic E-state index is 8.76. The molecule has 19 heavy (non-hydrogen) atoms. The van der Waals surface area contributed by atoms with Crippen molar-refractivity contribution >= 4 is 11.6 Å². The van der Waals surface area contributed by atoms with Crippen molar-refractivity contribution in [3.63, 3.8) is 0 Å². The maximum atomic E-state index is 8.76. The van der Waals surface area contributed by atoms with Crippen LogP contribution in [0.3, 0.4) is 0 Å². The second-order valence-electron chi connectivity index (χ2n) is 4.37. The minimum absolute atomic E-state index is 0.587. The van der Waals surface area contributed by atoms with Crippen LogP contribution in [0, 0.1) is 11.3 Å². The van der Waals surface area contributed by atoms with Crippen LogP contribution in [0.2, 0.25) is 5.02 Å². The van der Waals surface area contributed by atoms with Crippen LogP contribution < -0.4 is 5.32 Å². The Morgan fingerprint density at radius 3 is 2.95 bits per heavy atom. The minimum Gasteiger partial charge on any atom is -0.312 e. The first kappa shape index (κ1) is 13.6. The van der Waals surface area contributed by atoms with E-state index in [1.807, 2.05) is 25.5 Å². The number of hydrogen-bond donors (Lipinski definition) is 1. The van der Waals surface area contributed by atoms with Gasteiger partial charge in [-0.1, -0.05) is 17.7 Å². The smallest absolute Gasteiger partial charge is 0.0992 e. The van der Waals surface area contributed by atoms with Gasteiger partial charge in [-0.05, 0) is 36.2 Å². The van der Waals surface area contributed by atoms with Crippen molar-refractivity contribution in [2.45, 2.75) is 13.0 Å². The first-order valence-corrected chi connectivity index (χ1v) is 6.43. The topological polar surface area (TPSA) is 53.6 Å². The molecule has 5 heteroatoms. The highest BCUT2D eigenvalue weighted by Gasteiger charge is 2.02. The quantitative estimate of drug-likeness (QED) is 0.851. The van der Waals surface area contributed by atoms with Crippen LogP contribution in [0.4, 0.5) is 0 Å². The van der Waals surface area contributed by atoms with Crippen molar-refractivity contribution in [1.29, 1.82) is 5.26 Å². The number of aromatic nitrogens is 2. The Bertz CT molecular complexity index is 598. The summed E-state index contributed by atoms with van der Waals surface area (Å²) in [7, 11) is 1.91. The molecular weight excluding hydrogens is 260 g/mol. The van der Waals surface area contributed by atoms with Gasteiger partial charge >= 0.3 is 0 Å². The summed E-state index contributed by atoms with van der Waals surface area (Å²) in [5, 5.41) is 16.9. The highest BCUT2D eigenvalue weighted by molar-refractivity contribution is 6.31. The lowest BCUT2D eigenvalue weighted by Gasteiger charge is -2.06. The van der Waals surface area contributed by atoms with Gasteiger partial charge in [0.2, 0.25) is 0 Å². The molecule has 0 aliphatic heterocycles. The van der Waals surface area contributed by atoms with E-state index in [2.05, 4.69) is 16.5 Å². The predicted octanol–water partition coefficient (Wildman–Crippen LogP) is 2.28. The van der Waals surface area contributed by atoms with E-state index >= 15 is 0 Å². The number of rotatable bonds is 5. The molecule has 0 aliphatic rings. The van der Waals surface area contributed by atoms with Crippen LogP contribution in [-0.4, -0.2) is 16.3 Å². The number of halogens is 1. The standard InChI is InChI=1S/C14H15ClN4/c1-19-10-12(8-18-19)4-5-17-9-13-3-2-11(7-16)6-14(13)15/h2-3,6,8,10,17H,4-5,9H2,1H3. The van der Waals surface area contributed by atoms with Gasteiger partial charge in [0.1, 0.15) is 0 Å². The summed E-state index contributed by atoms with van der Waals surface area (Å²) >= 11 is 6.10. The van der Waals surface area contributed by atoms with Crippen LogP contribution in [-0.2, 0) is 20.0 Å². The fraction of sp³-hybridized carbons (Fsp3) is 0.286. The SMILES string of the molecule is Cn1cc(CCNCc2ccc(C#N)cc2Cl)cn1. The Hall–Kier alpha value is -1.83. The third kappa shape index (κ3) is 3.82. The molecule has 2 rings (SSSR count). The van der Waals surface area contributed by atoms with Gasteiger partial charge in [0, 0.05) is 24.8 Å². The molecule has 0 atom stereocenters. The predicted molar refractivity (Wildman–Crippen MR) is 74.8 cm³/mol. The zero-order valence-electron chi connectivity index (χ0n) is 10.7. The van der Waals surface area contributed by atoms with E-state index in [0.29, 0.717) is 17.1 Å². The van der Waals surface area contributed by atoms with Crippen molar-refractivity contribution < 1.29 is 0 Å². The molecule has 1 heterocycles. The summed E-state index contributed by atoms with van der Waals surface area (Å²) in [6.45, 7) is 1.56. The number of aryl methyl sites for hydroxylation is 1. The van der Waals surface area contributed by atoms with Crippen LogP contribution in [0.5, 0.6) is 0 Å². The van der Waals surface area contributed by atoms with Gasteiger partial charge in [-0.15, -0.1) is 0 Å². The molecule has 0 bridgehead atoms. The van der Waals surface area contributed by atoms with Crippen LogP contribution >= 0.6 is 11.6 Å². The van der Waals surface area contributed by atoms with Crippen molar-refractivity contribution in [2.75, 3.05) is 6.54 Å². The third-order valence-corrected chi connectivity index (χ3v) is 3.20. The monoisotopic (exact) mass is 274 g/mol. The molecule has 0 amide bonds. The highest BCUT2D eigenvalue weighted by atomic mass is 35.5. The maximum Gasteiger partial charge on any atom is 0.0992 e. The second kappa shape index (κ2) is 6.37. The molecule has 1 aromatic carbocycles. The van der Waals surface area contributed by atoms with Crippen molar-refractivity contribution in [2.24, 2.45) is 7.05 Å². The van der Waals surface area contributed by atoms with Crippen molar-refractivity contribution in [3.8, 4) is 6.07 Å². The Morgan fingerprint density at radius 2 is 2.32 bits per heavy atom. The van der Waals surface area contributed by atoms with Gasteiger partial charge in [0.25, 0.3) is 0 Å². The number of benzene rings is 1. The number of hydrogen-bond acceptors (Lipinski definition) is 3. The Labute approximate surface area is 117 Å². The van der Waals surface area contributed by atoms with Gasteiger partial charge in [0.15, 0.2) is 0 Å². The number of nitrogens with one attached hydrogen (secondary N) is 1. The lowest BCUT2D eigenvalue weighted by Crippen LogP contribution is -2.16. The van der Waals surface area contributed by atoms with Crippen LogP contribution in [0.15, 0.2) is 30.6 Å². The zero-order valence-corrected chi connectivity index (χ0v) is 11.5. The molecule has 0 spiro atoms. The summed E-state index contributed by atoms with van der Waals surface area (Å²) < 4.78 is 1.80. The molecule has 0 aliphatic carbocycles. The molecule has 0 saturated heterocycles. The fourth-order valence-electron chi connectivity index (χ4n) is 1.82. The summed E-state index contributed by atoms with van der Waals surface area (Å²) in [5.74, 6) is 0. The minimum atomic E-state index is 0.587. The molecule has 1 N–H and O–H groups in total. The van der Waals surface area contributed by atoms with Crippen LogP contribution in [0.25, 0.3) is 0 Å². The summed E-state index contributed by atoms with van der Waals surface area (Å²) in [6, 6.07) is 7.43. The summed E-state index contributed by atoms with van der Waals surface area (Å²) in [4.78, 5) is 0. The van der Waals surface area contributed by atoms with E-state index in [9.17, 15) is 0 Å². The Kier molecular flexibility index (Phi) is 4.56. The average molecular weight is 275 g/mol. The largest absolute Gasteiger partial charge is 0.312 e. The third-order valence-electron chi connectivity index (χ3n) is 2.85. The summed E-state index contributed by atoms with van der Waals surface area (Å²) in [5.41, 5.74) is 2.80. The lowest BCUT2D eigenvalue weighted by atomic mass is 10.1. The molecule has 0 unspecified atom stereocenters. The normalized spacial score (nSPS) is 10.4. The van der Waals surface area contributed by atoms with Gasteiger partial charge in [-0.25, -0.2) is 0 Å². The zero-order chi connectivity index (χ0) is 13.7. The summed E-state index contributed by atoms with van der Waals surface area (Å²) in [6.07, 6.45) is 4.81. The molecule has 4 nitrogen and oxygen atoms in total. The Morgan fingerprint density at radius 1 is 1.47 bits per heavy atom. The van der Waals surface area contributed by atoms with Gasteiger partial charge < -0.3 is 5.32 Å². The van der Waals surface area contributed by atoms with E-state index in [0.717, 1.165) is 18.5 Å². The second-order valence-corrected chi connectivity index (χ2v) is 4.77. The van der Waals surface area contributed by atoms with E-state index in [1.54, 1.807) is 16.8 Å². The Balaban J connectivity index is 1.81. The highest BCUT2D eigenvalue weighted by Crippen LogP contribution is 2.17.